The maximum absolute atomic E-state index is 2.69. The van der Waals surface area contributed by atoms with E-state index in [-0.39, 0.29) is 0 Å². The van der Waals surface area contributed by atoms with Gasteiger partial charge in [0.15, 0.2) is 0 Å². The summed E-state index contributed by atoms with van der Waals surface area (Å²) in [6, 6.07) is 0.885. The lowest BCUT2D eigenvalue weighted by molar-refractivity contribution is 0.217. The van der Waals surface area contributed by atoms with E-state index in [1.54, 1.807) is 11.3 Å². The third kappa shape index (κ3) is 2.38. The third-order valence-electron chi connectivity index (χ3n) is 4.13. The van der Waals surface area contributed by atoms with Gasteiger partial charge in [-0.05, 0) is 51.0 Å². The molecule has 2 aliphatic heterocycles. The van der Waals surface area contributed by atoms with Gasteiger partial charge in [0.2, 0.25) is 0 Å². The summed E-state index contributed by atoms with van der Waals surface area (Å²) in [5.41, 5.74) is 3.41. The Balaban J connectivity index is 1.90. The maximum Gasteiger partial charge on any atom is 0.0324 e. The van der Waals surface area contributed by atoms with Gasteiger partial charge in [0.05, 0.1) is 0 Å². The zero-order valence-electron chi connectivity index (χ0n) is 10.4. The number of hydrogen-bond donors (Lipinski definition) is 0. The molecular formula is C14H25N. The predicted octanol–water partition coefficient (Wildman–Crippen LogP) is 4.10. The van der Waals surface area contributed by atoms with Crippen LogP contribution in [0.1, 0.15) is 65.2 Å². The SMILES string of the molecule is CCCCCC1=C(C)N2CCCCC2C1. The molecule has 1 unspecified atom stereocenters. The highest BCUT2D eigenvalue weighted by atomic mass is 15.2. The fourth-order valence-corrected chi connectivity index (χ4v) is 3.16. The van der Waals surface area contributed by atoms with Crippen LogP contribution >= 0.6 is 0 Å². The van der Waals surface area contributed by atoms with Crippen molar-refractivity contribution >= 4 is 0 Å². The average Bonchev–Trinajstić information content (AvgIpc) is 2.57. The second kappa shape index (κ2) is 5.05. The van der Waals surface area contributed by atoms with Gasteiger partial charge in [-0.25, -0.2) is 0 Å². The summed E-state index contributed by atoms with van der Waals surface area (Å²) in [6.45, 7) is 5.97. The largest absolute Gasteiger partial charge is 0.372 e. The van der Waals surface area contributed by atoms with Crippen LogP contribution in [0, 0.1) is 0 Å². The first-order valence-corrected chi connectivity index (χ1v) is 6.78. The molecule has 2 rings (SSSR count). The van der Waals surface area contributed by atoms with Gasteiger partial charge >= 0.3 is 0 Å². The first kappa shape index (κ1) is 11.0. The topological polar surface area (TPSA) is 3.24 Å². The van der Waals surface area contributed by atoms with Gasteiger partial charge in [-0.15, -0.1) is 0 Å². The van der Waals surface area contributed by atoms with Crippen LogP contribution in [-0.4, -0.2) is 17.5 Å². The van der Waals surface area contributed by atoms with Crippen LogP contribution in [0.15, 0.2) is 11.3 Å². The van der Waals surface area contributed by atoms with E-state index in [1.165, 1.54) is 57.9 Å². The molecule has 0 aliphatic carbocycles. The Hall–Kier alpha value is -0.460. The Kier molecular flexibility index (Phi) is 3.71. The quantitative estimate of drug-likeness (QED) is 0.627. The third-order valence-corrected chi connectivity index (χ3v) is 4.13. The van der Waals surface area contributed by atoms with Gasteiger partial charge in [-0.3, -0.25) is 0 Å². The summed E-state index contributed by atoms with van der Waals surface area (Å²) in [6.07, 6.45) is 11.2. The van der Waals surface area contributed by atoms with Crippen LogP contribution in [0.4, 0.5) is 0 Å². The molecule has 0 amide bonds. The fourth-order valence-electron chi connectivity index (χ4n) is 3.16. The minimum absolute atomic E-state index is 0.885. The van der Waals surface area contributed by atoms with Gasteiger partial charge in [-0.2, -0.15) is 0 Å². The monoisotopic (exact) mass is 207 g/mol. The van der Waals surface area contributed by atoms with Crippen LogP contribution in [0.5, 0.6) is 0 Å². The molecule has 1 heteroatoms. The summed E-state index contributed by atoms with van der Waals surface area (Å²) in [7, 11) is 0. The molecule has 1 nitrogen and oxygen atoms in total. The highest BCUT2D eigenvalue weighted by molar-refractivity contribution is 5.21. The molecular weight excluding hydrogens is 182 g/mol. The van der Waals surface area contributed by atoms with Gasteiger partial charge in [-0.1, -0.05) is 19.8 Å². The molecule has 15 heavy (non-hydrogen) atoms. The summed E-state index contributed by atoms with van der Waals surface area (Å²) in [5.74, 6) is 0. The van der Waals surface area contributed by atoms with Crippen molar-refractivity contribution in [1.29, 1.82) is 0 Å². The lowest BCUT2D eigenvalue weighted by atomic mass is 9.98. The Morgan fingerprint density at radius 1 is 1.27 bits per heavy atom. The summed E-state index contributed by atoms with van der Waals surface area (Å²) >= 11 is 0. The molecule has 1 fully saturated rings. The van der Waals surface area contributed by atoms with Crippen LogP contribution in [0.2, 0.25) is 0 Å². The zero-order chi connectivity index (χ0) is 10.7. The minimum atomic E-state index is 0.885. The Labute approximate surface area is 94.5 Å². The molecule has 0 saturated carbocycles. The number of piperidine rings is 1. The van der Waals surface area contributed by atoms with E-state index < -0.39 is 0 Å². The van der Waals surface area contributed by atoms with E-state index >= 15 is 0 Å². The summed E-state index contributed by atoms with van der Waals surface area (Å²) in [4.78, 5) is 2.69. The van der Waals surface area contributed by atoms with Gasteiger partial charge < -0.3 is 4.90 Å². The van der Waals surface area contributed by atoms with Crippen molar-refractivity contribution in [2.75, 3.05) is 6.54 Å². The van der Waals surface area contributed by atoms with Gasteiger partial charge in [0.1, 0.15) is 0 Å². The smallest absolute Gasteiger partial charge is 0.0324 e. The lowest BCUT2D eigenvalue weighted by Crippen LogP contribution is -2.33. The molecule has 2 heterocycles. The molecule has 0 N–H and O–H groups in total. The van der Waals surface area contributed by atoms with Crippen molar-refractivity contribution < 1.29 is 0 Å². The lowest BCUT2D eigenvalue weighted by Gasteiger charge is -2.32. The van der Waals surface area contributed by atoms with Crippen LogP contribution < -0.4 is 0 Å². The zero-order valence-corrected chi connectivity index (χ0v) is 10.4. The number of hydrogen-bond acceptors (Lipinski definition) is 1. The van der Waals surface area contributed by atoms with Crippen LogP contribution in [-0.2, 0) is 0 Å². The molecule has 0 spiro atoms. The van der Waals surface area contributed by atoms with E-state index in [1.807, 2.05) is 0 Å². The molecule has 0 radical (unpaired) electrons. The number of nitrogens with zero attached hydrogens (tertiary/aromatic N) is 1. The standard InChI is InChI=1S/C14H25N/c1-3-4-5-8-13-11-14-9-6-7-10-15(14)12(13)2/h14H,3-11H2,1-2H3. The highest BCUT2D eigenvalue weighted by Gasteiger charge is 2.30. The first-order valence-electron chi connectivity index (χ1n) is 6.78. The normalized spacial score (nSPS) is 26.0. The molecule has 0 aromatic rings. The number of rotatable bonds is 4. The van der Waals surface area contributed by atoms with Crippen LogP contribution in [0.3, 0.4) is 0 Å². The van der Waals surface area contributed by atoms with E-state index in [2.05, 4.69) is 18.7 Å². The van der Waals surface area contributed by atoms with E-state index in [4.69, 9.17) is 0 Å². The summed E-state index contributed by atoms with van der Waals surface area (Å²) < 4.78 is 0. The van der Waals surface area contributed by atoms with E-state index in [9.17, 15) is 0 Å². The van der Waals surface area contributed by atoms with Crippen molar-refractivity contribution in [3.63, 3.8) is 0 Å². The van der Waals surface area contributed by atoms with Crippen molar-refractivity contribution in [3.05, 3.63) is 11.3 Å². The highest BCUT2D eigenvalue weighted by Crippen LogP contribution is 2.36. The fraction of sp³-hybridized carbons (Fsp3) is 0.857. The van der Waals surface area contributed by atoms with Crippen molar-refractivity contribution in [3.8, 4) is 0 Å². The van der Waals surface area contributed by atoms with Crippen LogP contribution in [0.25, 0.3) is 0 Å². The van der Waals surface area contributed by atoms with E-state index in [0.29, 0.717) is 0 Å². The number of allylic oxidation sites excluding steroid dienone is 1. The molecule has 0 aromatic carbocycles. The maximum atomic E-state index is 2.69. The molecule has 0 aromatic heterocycles. The molecule has 86 valence electrons. The first-order chi connectivity index (χ1) is 7.33. The molecule has 1 atom stereocenters. The second-order valence-corrected chi connectivity index (χ2v) is 5.19. The molecule has 1 saturated heterocycles. The van der Waals surface area contributed by atoms with Crippen molar-refractivity contribution in [2.45, 2.75) is 71.3 Å². The Morgan fingerprint density at radius 2 is 2.13 bits per heavy atom. The average molecular weight is 207 g/mol. The Bertz CT molecular complexity index is 242. The minimum Gasteiger partial charge on any atom is -0.372 e. The number of fused-ring (bicyclic) bond motifs is 1. The predicted molar refractivity (Wildman–Crippen MR) is 65.8 cm³/mol. The molecule has 0 bridgehead atoms. The van der Waals surface area contributed by atoms with Crippen molar-refractivity contribution in [2.24, 2.45) is 0 Å². The molecule has 2 aliphatic rings. The summed E-state index contributed by atoms with van der Waals surface area (Å²) in [5, 5.41) is 0. The van der Waals surface area contributed by atoms with Crippen molar-refractivity contribution in [1.82, 2.24) is 4.90 Å². The van der Waals surface area contributed by atoms with Gasteiger partial charge in [0.25, 0.3) is 0 Å². The van der Waals surface area contributed by atoms with Gasteiger partial charge in [0, 0.05) is 18.3 Å². The Morgan fingerprint density at radius 3 is 2.87 bits per heavy atom. The second-order valence-electron chi connectivity index (χ2n) is 5.19. The van der Waals surface area contributed by atoms with E-state index in [0.717, 1.165) is 6.04 Å². The number of unbranched alkanes of at least 4 members (excludes halogenated alkanes) is 2.